The molecule has 1 nitrogen and oxygen atoms in total. The summed E-state index contributed by atoms with van der Waals surface area (Å²) in [7, 11) is 0. The van der Waals surface area contributed by atoms with Crippen molar-refractivity contribution in [1.29, 1.82) is 0 Å². The van der Waals surface area contributed by atoms with Crippen LogP contribution in [-0.2, 0) is 4.79 Å². The summed E-state index contributed by atoms with van der Waals surface area (Å²) in [6.45, 7) is 19.3. The summed E-state index contributed by atoms with van der Waals surface area (Å²) in [6, 6.07) is 0. The summed E-state index contributed by atoms with van der Waals surface area (Å²) in [5.74, 6) is 0. The molecule has 0 aromatic rings. The molecule has 0 heterocycles. The highest BCUT2D eigenvalue weighted by Gasteiger charge is 2.26. The lowest BCUT2D eigenvalue weighted by molar-refractivity contribution is -0.104. The summed E-state index contributed by atoms with van der Waals surface area (Å²) < 4.78 is 0. The molecule has 218 valence electrons. The van der Waals surface area contributed by atoms with Crippen LogP contribution in [0.15, 0.2) is 154 Å². The first-order valence-electron chi connectivity index (χ1n) is 14.7. The second-order valence-electron chi connectivity index (χ2n) is 11.7. The van der Waals surface area contributed by atoms with Crippen LogP contribution in [0.4, 0.5) is 0 Å². The third-order valence-corrected chi connectivity index (χ3v) is 6.94. The highest BCUT2D eigenvalue weighted by molar-refractivity contribution is 5.72. The zero-order valence-corrected chi connectivity index (χ0v) is 27.0. The summed E-state index contributed by atoms with van der Waals surface area (Å²) in [5, 5.41) is 0. The average Bonchev–Trinajstić information content (AvgIpc) is 2.90. The quantitative estimate of drug-likeness (QED) is 0.127. The van der Waals surface area contributed by atoms with E-state index in [1.54, 1.807) is 13.0 Å². The Morgan fingerprint density at radius 1 is 0.561 bits per heavy atom. The standard InChI is InChI=1S/C40H52O/c1-32(17-10-11-18-33(2)20-13-22-35(4)24-15-26-37(6)31-41)19-12-21-34(3)23-14-25-36(5)28-29-39-38(7)27-16-30-40(39,8)9/h10-15,17-26,28-29,31H,16,27,30H2,1-9H3/b11-10+,19-12+,20-13+,23-14+,24-15+,29-28+,32-17+,33-18+,34-21+,35-22+,36-25+,37-26+. The van der Waals surface area contributed by atoms with Gasteiger partial charge in [0.05, 0.1) is 0 Å². The van der Waals surface area contributed by atoms with Crippen LogP contribution in [0.25, 0.3) is 0 Å². The first-order chi connectivity index (χ1) is 19.4. The largest absolute Gasteiger partial charge is 0.298 e. The fraction of sp³-hybridized carbons (Fsp3) is 0.325. The van der Waals surface area contributed by atoms with Crippen LogP contribution in [0.5, 0.6) is 0 Å². The maximum Gasteiger partial charge on any atom is 0.145 e. The molecule has 0 aromatic carbocycles. The van der Waals surface area contributed by atoms with Crippen molar-refractivity contribution in [3.05, 3.63) is 154 Å². The van der Waals surface area contributed by atoms with E-state index in [1.807, 2.05) is 31.2 Å². The van der Waals surface area contributed by atoms with Crippen molar-refractivity contribution >= 4 is 6.29 Å². The van der Waals surface area contributed by atoms with Gasteiger partial charge >= 0.3 is 0 Å². The first kappa shape index (κ1) is 35.3. The molecule has 0 unspecified atom stereocenters. The normalized spacial score (nSPS) is 19.0. The number of aldehydes is 1. The van der Waals surface area contributed by atoms with E-state index < -0.39 is 0 Å². The lowest BCUT2D eigenvalue weighted by Crippen LogP contribution is -2.19. The molecule has 0 fully saturated rings. The lowest BCUT2D eigenvalue weighted by atomic mass is 9.72. The van der Waals surface area contributed by atoms with Crippen molar-refractivity contribution in [2.24, 2.45) is 5.41 Å². The van der Waals surface area contributed by atoms with Crippen molar-refractivity contribution in [2.45, 2.75) is 81.6 Å². The van der Waals surface area contributed by atoms with Crippen LogP contribution < -0.4 is 0 Å². The van der Waals surface area contributed by atoms with Gasteiger partial charge in [-0.05, 0) is 84.3 Å². The van der Waals surface area contributed by atoms with Crippen molar-refractivity contribution in [2.75, 3.05) is 0 Å². The molecule has 0 saturated heterocycles. The maximum absolute atomic E-state index is 10.6. The molecule has 0 amide bonds. The van der Waals surface area contributed by atoms with E-state index >= 15 is 0 Å². The first-order valence-corrected chi connectivity index (χ1v) is 14.7. The summed E-state index contributed by atoms with van der Waals surface area (Å²) in [4.78, 5) is 10.6. The van der Waals surface area contributed by atoms with E-state index in [-0.39, 0.29) is 5.41 Å². The second-order valence-corrected chi connectivity index (χ2v) is 11.7. The predicted octanol–water partition coefficient (Wildman–Crippen LogP) is 11.7. The van der Waals surface area contributed by atoms with Gasteiger partial charge in [0, 0.05) is 0 Å². The number of carbonyl (C=O) groups excluding carboxylic acids is 1. The van der Waals surface area contributed by atoms with Gasteiger partial charge < -0.3 is 0 Å². The van der Waals surface area contributed by atoms with Gasteiger partial charge in [-0.2, -0.15) is 0 Å². The van der Waals surface area contributed by atoms with E-state index in [4.69, 9.17) is 0 Å². The third-order valence-electron chi connectivity index (χ3n) is 6.94. The van der Waals surface area contributed by atoms with Crippen molar-refractivity contribution < 1.29 is 4.79 Å². The Hall–Kier alpha value is -3.71. The minimum Gasteiger partial charge on any atom is -0.298 e. The van der Waals surface area contributed by atoms with Gasteiger partial charge in [-0.3, -0.25) is 4.79 Å². The van der Waals surface area contributed by atoms with Crippen LogP contribution in [0.2, 0.25) is 0 Å². The molecule has 1 aliphatic carbocycles. The Morgan fingerprint density at radius 3 is 1.32 bits per heavy atom. The molecule has 1 rings (SSSR count). The van der Waals surface area contributed by atoms with Gasteiger partial charge in [0.15, 0.2) is 0 Å². The Labute approximate surface area is 251 Å². The van der Waals surface area contributed by atoms with Crippen molar-refractivity contribution in [1.82, 2.24) is 0 Å². The fourth-order valence-corrected chi connectivity index (χ4v) is 4.36. The minimum atomic E-state index is 0.280. The van der Waals surface area contributed by atoms with Gasteiger partial charge in [-0.25, -0.2) is 0 Å². The zero-order chi connectivity index (χ0) is 30.7. The Kier molecular flexibility index (Phi) is 16.7. The van der Waals surface area contributed by atoms with Crippen LogP contribution >= 0.6 is 0 Å². The predicted molar refractivity (Wildman–Crippen MR) is 184 cm³/mol. The highest BCUT2D eigenvalue weighted by atomic mass is 16.1. The van der Waals surface area contributed by atoms with E-state index in [9.17, 15) is 4.79 Å². The Bertz CT molecular complexity index is 1280. The lowest BCUT2D eigenvalue weighted by Gasteiger charge is -2.32. The molecule has 0 radical (unpaired) electrons. The highest BCUT2D eigenvalue weighted by Crippen LogP contribution is 2.40. The second kappa shape index (κ2) is 19.4. The van der Waals surface area contributed by atoms with E-state index in [2.05, 4.69) is 127 Å². The molecule has 0 saturated carbocycles. The van der Waals surface area contributed by atoms with Gasteiger partial charge in [-0.15, -0.1) is 0 Å². The summed E-state index contributed by atoms with van der Waals surface area (Å²) in [5.41, 5.74) is 9.99. The van der Waals surface area contributed by atoms with Gasteiger partial charge in [0.1, 0.15) is 6.29 Å². The molecule has 0 bridgehead atoms. The van der Waals surface area contributed by atoms with Crippen molar-refractivity contribution in [3.8, 4) is 0 Å². The maximum atomic E-state index is 10.6. The van der Waals surface area contributed by atoms with E-state index in [0.29, 0.717) is 5.57 Å². The molecule has 0 N–H and O–H groups in total. The van der Waals surface area contributed by atoms with Crippen molar-refractivity contribution in [3.63, 3.8) is 0 Å². The van der Waals surface area contributed by atoms with Gasteiger partial charge in [-0.1, -0.05) is 157 Å². The minimum absolute atomic E-state index is 0.280. The average molecular weight is 549 g/mol. The smallest absolute Gasteiger partial charge is 0.145 e. The fourth-order valence-electron chi connectivity index (χ4n) is 4.36. The van der Waals surface area contributed by atoms with Crippen LogP contribution in [0.3, 0.4) is 0 Å². The molecule has 1 heteroatoms. The zero-order valence-electron chi connectivity index (χ0n) is 27.0. The number of hydrogen-bond donors (Lipinski definition) is 0. The molecule has 1 aliphatic rings. The number of allylic oxidation sites excluding steroid dienone is 26. The molecular formula is C40H52O. The summed E-state index contributed by atoms with van der Waals surface area (Å²) >= 11 is 0. The molecule has 0 aliphatic heterocycles. The van der Waals surface area contributed by atoms with E-state index in [1.165, 1.54) is 52.7 Å². The monoisotopic (exact) mass is 548 g/mol. The van der Waals surface area contributed by atoms with Crippen LogP contribution in [-0.4, -0.2) is 6.29 Å². The molecule has 0 aromatic heterocycles. The van der Waals surface area contributed by atoms with Crippen LogP contribution in [0.1, 0.15) is 81.6 Å². The number of rotatable bonds is 13. The summed E-state index contributed by atoms with van der Waals surface area (Å²) in [6.07, 6.45) is 42.2. The molecule has 41 heavy (non-hydrogen) atoms. The number of hydrogen-bond acceptors (Lipinski definition) is 1. The SMILES string of the molecule is CC1=C(/C=C/C(C)=C/C=C/C(C)=C/C=C/C(C)=C/C=C/C=C(C)/C=C/C=C(C)/C=C/C=C(\C)C=O)C(C)(C)CCC1. The Morgan fingerprint density at radius 2 is 0.927 bits per heavy atom. The third kappa shape index (κ3) is 16.2. The van der Waals surface area contributed by atoms with Gasteiger partial charge in [0.2, 0.25) is 0 Å². The topological polar surface area (TPSA) is 17.1 Å². The molecule has 0 atom stereocenters. The Balaban J connectivity index is 2.61. The van der Waals surface area contributed by atoms with E-state index in [0.717, 1.165) is 11.9 Å². The molecular weight excluding hydrogens is 496 g/mol. The van der Waals surface area contributed by atoms with Crippen LogP contribution in [0, 0.1) is 5.41 Å². The van der Waals surface area contributed by atoms with Gasteiger partial charge in [0.25, 0.3) is 0 Å². The number of carbonyl (C=O) groups is 1. The molecule has 0 spiro atoms.